The summed E-state index contributed by atoms with van der Waals surface area (Å²) < 4.78 is 21.4. The van der Waals surface area contributed by atoms with E-state index in [1.807, 2.05) is 20.8 Å². The fourth-order valence-corrected chi connectivity index (χ4v) is 4.61. The first-order chi connectivity index (χ1) is 9.40. The molecule has 0 aromatic rings. The number of esters is 1. The Morgan fingerprint density at radius 1 is 1.10 bits per heavy atom. The van der Waals surface area contributed by atoms with Crippen LogP contribution in [-0.4, -0.2) is 34.6 Å². The van der Waals surface area contributed by atoms with E-state index in [1.54, 1.807) is 6.92 Å². The van der Waals surface area contributed by atoms with E-state index in [2.05, 4.69) is 18.6 Å². The molecule has 1 aliphatic heterocycles. The van der Waals surface area contributed by atoms with Crippen LogP contribution in [0.25, 0.3) is 0 Å². The van der Waals surface area contributed by atoms with E-state index in [-0.39, 0.29) is 5.97 Å². The number of carbonyl (C=O) groups excluding carboxylic acids is 1. The summed E-state index contributed by atoms with van der Waals surface area (Å²) in [6.45, 7) is 14.0. The molecule has 0 aliphatic carbocycles. The number of ether oxygens (including phenoxy) is 1. The van der Waals surface area contributed by atoms with Crippen LogP contribution in [-0.2, 0) is 22.8 Å². The van der Waals surface area contributed by atoms with Crippen LogP contribution in [0.5, 0.6) is 0 Å². The first kappa shape index (κ1) is 19.3. The van der Waals surface area contributed by atoms with Gasteiger partial charge in [0.1, 0.15) is 6.26 Å². The molecule has 6 heteroatoms. The van der Waals surface area contributed by atoms with Gasteiger partial charge in [0.05, 0.1) is 5.57 Å². The minimum atomic E-state index is -2.36. The zero-order valence-electron chi connectivity index (χ0n) is 13.5. The Bertz CT molecular complexity index is 298. The summed E-state index contributed by atoms with van der Waals surface area (Å²) in [6.07, 6.45) is 1.43. The van der Waals surface area contributed by atoms with Gasteiger partial charge in [0.25, 0.3) is 0 Å². The van der Waals surface area contributed by atoms with Crippen LogP contribution >= 0.6 is 0 Å². The number of cyclic esters (lactones) is 1. The molecule has 5 nitrogen and oxygen atoms in total. The molecule has 1 aliphatic rings. The Morgan fingerprint density at radius 2 is 1.50 bits per heavy atom. The molecule has 118 valence electrons. The van der Waals surface area contributed by atoms with Crippen molar-refractivity contribution in [2.24, 2.45) is 5.92 Å². The van der Waals surface area contributed by atoms with Crippen molar-refractivity contribution in [2.75, 3.05) is 19.8 Å². The Hall–Kier alpha value is -0.693. The number of rotatable bonds is 8. The third kappa shape index (κ3) is 7.19. The SMILES string of the molecule is CC1=COC1=O.CCO[Si](CC(C)C)(OCC)OCC. The molecule has 20 heavy (non-hydrogen) atoms. The summed E-state index contributed by atoms with van der Waals surface area (Å²) in [5, 5.41) is 0. The van der Waals surface area contributed by atoms with E-state index in [0.29, 0.717) is 31.3 Å². The Labute approximate surface area is 123 Å². The second-order valence-corrected chi connectivity index (χ2v) is 7.43. The summed E-state index contributed by atoms with van der Waals surface area (Å²) in [4.78, 5) is 9.94. The molecule has 0 aromatic carbocycles. The van der Waals surface area contributed by atoms with Crippen molar-refractivity contribution in [3.05, 3.63) is 11.8 Å². The lowest BCUT2D eigenvalue weighted by Gasteiger charge is -2.29. The summed E-state index contributed by atoms with van der Waals surface area (Å²) in [5.74, 6) is 0.348. The second-order valence-electron chi connectivity index (χ2n) is 4.79. The van der Waals surface area contributed by atoms with Crippen LogP contribution in [0, 0.1) is 5.92 Å². The predicted octanol–water partition coefficient (Wildman–Crippen LogP) is 3.14. The van der Waals surface area contributed by atoms with E-state index >= 15 is 0 Å². The second kappa shape index (κ2) is 10.1. The first-order valence-electron chi connectivity index (χ1n) is 7.20. The fraction of sp³-hybridized carbons (Fsp3) is 0.786. The normalized spacial score (nSPS) is 14.2. The van der Waals surface area contributed by atoms with Gasteiger partial charge in [-0.3, -0.25) is 0 Å². The lowest BCUT2D eigenvalue weighted by Crippen LogP contribution is -2.46. The van der Waals surface area contributed by atoms with Gasteiger partial charge in [-0.25, -0.2) is 4.79 Å². The summed E-state index contributed by atoms with van der Waals surface area (Å²) in [5.41, 5.74) is 0.704. The Balaban J connectivity index is 0.000000493. The maximum Gasteiger partial charge on any atom is 0.501 e. The van der Waals surface area contributed by atoms with Crippen LogP contribution in [0.1, 0.15) is 41.5 Å². The van der Waals surface area contributed by atoms with Crippen molar-refractivity contribution in [3.8, 4) is 0 Å². The lowest BCUT2D eigenvalue weighted by molar-refractivity contribution is -0.138. The van der Waals surface area contributed by atoms with Gasteiger partial charge in [-0.1, -0.05) is 13.8 Å². The van der Waals surface area contributed by atoms with E-state index in [1.165, 1.54) is 6.26 Å². The molecule has 0 radical (unpaired) electrons. The van der Waals surface area contributed by atoms with Gasteiger partial charge in [-0.05, 0) is 33.6 Å². The van der Waals surface area contributed by atoms with Crippen LogP contribution in [0.4, 0.5) is 0 Å². The van der Waals surface area contributed by atoms with E-state index in [4.69, 9.17) is 13.3 Å². The van der Waals surface area contributed by atoms with Crippen LogP contribution in [0.3, 0.4) is 0 Å². The van der Waals surface area contributed by atoms with Crippen molar-refractivity contribution in [1.29, 1.82) is 0 Å². The summed E-state index contributed by atoms with van der Waals surface area (Å²) in [7, 11) is -2.36. The van der Waals surface area contributed by atoms with E-state index in [9.17, 15) is 4.79 Å². The van der Waals surface area contributed by atoms with Crippen LogP contribution in [0.2, 0.25) is 6.04 Å². The first-order valence-corrected chi connectivity index (χ1v) is 9.13. The van der Waals surface area contributed by atoms with Crippen molar-refractivity contribution in [3.63, 3.8) is 0 Å². The lowest BCUT2D eigenvalue weighted by atomic mass is 10.3. The smallest absolute Gasteiger partial charge is 0.430 e. The third-order valence-electron chi connectivity index (χ3n) is 2.42. The molecule has 0 unspecified atom stereocenters. The van der Waals surface area contributed by atoms with Crippen LogP contribution < -0.4 is 0 Å². The topological polar surface area (TPSA) is 54.0 Å². The van der Waals surface area contributed by atoms with Gasteiger partial charge in [-0.2, -0.15) is 0 Å². The highest BCUT2D eigenvalue weighted by molar-refractivity contribution is 6.60. The van der Waals surface area contributed by atoms with Gasteiger partial charge in [0.15, 0.2) is 0 Å². The fourth-order valence-electron chi connectivity index (χ4n) is 1.69. The minimum Gasteiger partial charge on any atom is -0.430 e. The number of hydrogen-bond donors (Lipinski definition) is 0. The molecule has 0 aromatic heterocycles. The maximum absolute atomic E-state index is 9.94. The van der Waals surface area contributed by atoms with Gasteiger partial charge in [0.2, 0.25) is 0 Å². The molecule has 0 N–H and O–H groups in total. The molecular weight excluding hydrogens is 276 g/mol. The Morgan fingerprint density at radius 3 is 1.65 bits per heavy atom. The largest absolute Gasteiger partial charge is 0.501 e. The highest BCUT2D eigenvalue weighted by Gasteiger charge is 2.40. The average molecular weight is 304 g/mol. The molecule has 0 bridgehead atoms. The van der Waals surface area contributed by atoms with Crippen molar-refractivity contribution in [2.45, 2.75) is 47.6 Å². The zero-order chi connectivity index (χ0) is 15.6. The predicted molar refractivity (Wildman–Crippen MR) is 80.1 cm³/mol. The molecule has 1 heterocycles. The zero-order valence-corrected chi connectivity index (χ0v) is 14.5. The number of hydrogen-bond acceptors (Lipinski definition) is 5. The molecule has 0 fully saturated rings. The van der Waals surface area contributed by atoms with Crippen molar-refractivity contribution in [1.82, 2.24) is 0 Å². The third-order valence-corrected chi connectivity index (χ3v) is 5.92. The highest BCUT2D eigenvalue weighted by atomic mass is 28.4. The summed E-state index contributed by atoms with van der Waals surface area (Å²) >= 11 is 0. The molecule has 0 amide bonds. The highest BCUT2D eigenvalue weighted by Crippen LogP contribution is 2.21. The van der Waals surface area contributed by atoms with E-state index < -0.39 is 8.80 Å². The van der Waals surface area contributed by atoms with Gasteiger partial charge < -0.3 is 18.0 Å². The standard InChI is InChI=1S/C10H24O3Si.C4H4O2/c1-6-11-14(12-7-2,13-8-3)9-10(4)5;1-3-2-6-4(3)5/h10H,6-9H2,1-5H3;2H,1H3. The number of carbonyl (C=O) groups is 1. The Kier molecular flexibility index (Phi) is 9.74. The van der Waals surface area contributed by atoms with Gasteiger partial charge in [-0.15, -0.1) is 0 Å². The quantitative estimate of drug-likeness (QED) is 0.509. The minimum absolute atomic E-state index is 0.199. The van der Waals surface area contributed by atoms with Crippen LogP contribution in [0.15, 0.2) is 11.8 Å². The van der Waals surface area contributed by atoms with Gasteiger partial charge in [0, 0.05) is 25.9 Å². The summed E-state index contributed by atoms with van der Waals surface area (Å²) in [6, 6.07) is 0.905. The van der Waals surface area contributed by atoms with Crippen molar-refractivity contribution >= 4 is 14.8 Å². The van der Waals surface area contributed by atoms with Crippen molar-refractivity contribution < 1.29 is 22.8 Å². The molecular formula is C14H28O5Si. The maximum atomic E-state index is 9.94. The monoisotopic (exact) mass is 304 g/mol. The molecule has 1 rings (SSSR count). The molecule has 0 spiro atoms. The van der Waals surface area contributed by atoms with E-state index in [0.717, 1.165) is 6.04 Å². The molecule has 0 saturated heterocycles. The van der Waals surface area contributed by atoms with Gasteiger partial charge >= 0.3 is 14.8 Å². The molecule has 0 atom stereocenters. The average Bonchev–Trinajstić information content (AvgIpc) is 2.37. The molecule has 0 saturated carbocycles.